The highest BCUT2D eigenvalue weighted by atomic mass is 32.2. The number of carbonyl (C=O) groups is 2. The van der Waals surface area contributed by atoms with Crippen molar-refractivity contribution < 1.29 is 48.5 Å². The van der Waals surface area contributed by atoms with Gasteiger partial charge in [-0.25, -0.2) is 0 Å². The van der Waals surface area contributed by atoms with Crippen LogP contribution in [0, 0.1) is 6.92 Å². The highest BCUT2D eigenvalue weighted by Crippen LogP contribution is 2.41. The zero-order chi connectivity index (χ0) is 45.3. The molecule has 7 rings (SSSR count). The summed E-state index contributed by atoms with van der Waals surface area (Å²) in [4.78, 5) is 23.5. The van der Waals surface area contributed by atoms with Crippen molar-refractivity contribution in [3.05, 3.63) is 149 Å². The third-order valence-corrected chi connectivity index (χ3v) is 11.9. The van der Waals surface area contributed by atoms with E-state index in [0.29, 0.717) is 23.2 Å². The third-order valence-electron chi connectivity index (χ3n) is 9.34. The molecule has 0 radical (unpaired) electrons. The number of ketones is 2. The number of nitrogen functional groups attached to an aromatic ring is 1. The van der Waals surface area contributed by atoms with Gasteiger partial charge in [-0.3, -0.25) is 34.1 Å². The summed E-state index contributed by atoms with van der Waals surface area (Å²) in [5.74, 6) is -1.39. The molecule has 2 aliphatic rings. The first-order valence-corrected chi connectivity index (χ1v) is 22.4. The first-order chi connectivity index (χ1) is 29.8. The maximum absolute atomic E-state index is 13.8. The van der Waals surface area contributed by atoms with Crippen LogP contribution in [0.1, 0.15) is 21.5 Å². The van der Waals surface area contributed by atoms with Gasteiger partial charge < -0.3 is 11.1 Å². The lowest BCUT2D eigenvalue weighted by Gasteiger charge is -2.20. The van der Waals surface area contributed by atoms with Gasteiger partial charge in [0.25, 0.3) is 30.4 Å². The molecule has 63 heavy (non-hydrogen) atoms. The second-order valence-corrected chi connectivity index (χ2v) is 17.8. The standard InChI is InChI=1S/C41H32N8O11S3/c1-23-4-2-3-5-32(23)43-34-22-30(50)16-19-33(34)47-44-27-10-6-24(7-11-27)25-8-12-28(13-9-25)45-48-39-35(62(55,56)57)20-26-21-36(63(58,59)60)40(41(51)37(26)38(39)42)49-46-29-14-17-31(18-15-29)61(52,53)54/h2-22,43-44,46H,42H2,1H3,(H,52,53,54)(H,55,56,57)(H,58,59,60). The van der Waals surface area contributed by atoms with Gasteiger partial charge in [0.1, 0.15) is 21.2 Å². The van der Waals surface area contributed by atoms with Gasteiger partial charge in [0, 0.05) is 11.8 Å². The van der Waals surface area contributed by atoms with Crippen molar-refractivity contribution in [3.8, 4) is 11.1 Å². The minimum Gasteiger partial charge on any atom is -0.396 e. The molecule has 2 aliphatic carbocycles. The summed E-state index contributed by atoms with van der Waals surface area (Å²) in [5.41, 5.74) is 13.8. The smallest absolute Gasteiger partial charge is 0.296 e. The number of azo groups is 1. The van der Waals surface area contributed by atoms with Crippen LogP contribution in [0.5, 0.6) is 0 Å². The summed E-state index contributed by atoms with van der Waals surface area (Å²) in [6.07, 6.45) is 5.21. The summed E-state index contributed by atoms with van der Waals surface area (Å²) in [6.45, 7) is 1.95. The summed E-state index contributed by atoms with van der Waals surface area (Å²) in [6, 6.07) is 26.4. The van der Waals surface area contributed by atoms with Gasteiger partial charge in [-0.1, -0.05) is 42.5 Å². The Morgan fingerprint density at radius 3 is 1.86 bits per heavy atom. The topological polar surface area (TPSA) is 309 Å². The van der Waals surface area contributed by atoms with E-state index in [2.05, 4.69) is 36.6 Å². The molecule has 8 N–H and O–H groups in total. The van der Waals surface area contributed by atoms with Crippen molar-refractivity contribution in [2.24, 2.45) is 20.4 Å². The molecule has 0 saturated carbocycles. The Labute approximate surface area is 359 Å². The van der Waals surface area contributed by atoms with E-state index in [9.17, 15) is 48.5 Å². The molecule has 22 heteroatoms. The maximum Gasteiger partial charge on any atom is 0.296 e. The number of nitrogens with zero attached hydrogens (tertiary/aromatic N) is 4. The molecule has 0 unspecified atom stereocenters. The molecule has 0 atom stereocenters. The number of nitrogens with two attached hydrogens (primary N) is 1. The highest BCUT2D eigenvalue weighted by molar-refractivity contribution is 7.91. The second-order valence-electron chi connectivity index (χ2n) is 13.6. The van der Waals surface area contributed by atoms with Crippen molar-refractivity contribution in [2.45, 2.75) is 16.7 Å². The Morgan fingerprint density at radius 1 is 0.651 bits per heavy atom. The summed E-state index contributed by atoms with van der Waals surface area (Å²) < 4.78 is 102. The monoisotopic (exact) mass is 908 g/mol. The fourth-order valence-corrected chi connectivity index (χ4v) is 7.99. The number of allylic oxidation sites excluding steroid dienone is 4. The fourth-order valence-electron chi connectivity index (χ4n) is 6.18. The molecule has 5 aromatic rings. The minimum atomic E-state index is -5.21. The molecule has 19 nitrogen and oxygen atoms in total. The Hall–Kier alpha value is -7.47. The molecule has 0 fully saturated rings. The number of para-hydroxylation sites is 1. The van der Waals surface area contributed by atoms with Gasteiger partial charge in [-0.2, -0.15) is 40.6 Å². The second kappa shape index (κ2) is 17.1. The van der Waals surface area contributed by atoms with Gasteiger partial charge in [-0.05, 0) is 108 Å². The number of benzene rings is 5. The van der Waals surface area contributed by atoms with Crippen molar-refractivity contribution in [2.75, 3.05) is 21.9 Å². The molecule has 320 valence electrons. The Balaban J connectivity index is 1.12. The number of hydrogen-bond donors (Lipinski definition) is 7. The van der Waals surface area contributed by atoms with Crippen molar-refractivity contribution in [1.29, 1.82) is 0 Å². The van der Waals surface area contributed by atoms with Crippen LogP contribution in [-0.4, -0.2) is 61.9 Å². The molecule has 5 aromatic carbocycles. The number of fused-ring (bicyclic) bond motifs is 1. The Kier molecular flexibility index (Phi) is 11.9. The van der Waals surface area contributed by atoms with Crippen LogP contribution < -0.4 is 21.9 Å². The number of hydrogen-bond acceptors (Lipinski definition) is 16. The highest BCUT2D eigenvalue weighted by Gasteiger charge is 2.37. The van der Waals surface area contributed by atoms with Gasteiger partial charge in [0.2, 0.25) is 5.78 Å². The lowest BCUT2D eigenvalue weighted by molar-refractivity contribution is -0.110. The van der Waals surface area contributed by atoms with Crippen LogP contribution in [0.15, 0.2) is 162 Å². The van der Waals surface area contributed by atoms with Gasteiger partial charge in [0.15, 0.2) is 11.5 Å². The average Bonchev–Trinajstić information content (AvgIpc) is 3.23. The quantitative estimate of drug-likeness (QED) is 0.0219. The van der Waals surface area contributed by atoms with Gasteiger partial charge in [0.05, 0.1) is 38.9 Å². The summed E-state index contributed by atoms with van der Waals surface area (Å²) in [5, 5.41) is 19.5. The average molecular weight is 909 g/mol. The van der Waals surface area contributed by atoms with Crippen LogP contribution in [-0.2, 0) is 35.1 Å². The molecular formula is C41H32N8O11S3. The normalized spacial score (nSPS) is 15.6. The van der Waals surface area contributed by atoms with E-state index >= 15 is 0 Å². The van der Waals surface area contributed by atoms with E-state index in [-0.39, 0.29) is 17.2 Å². The molecular weight excluding hydrogens is 877 g/mol. The maximum atomic E-state index is 13.8. The number of carbonyl (C=O) groups excluding carboxylic acids is 2. The SMILES string of the molecule is Cc1ccccc1NC1=CC(=O)C=CC1=NNc1ccc(-c2ccc(N=Nc3c(S(=O)(=O)O)cc4c(c3N)C(=O)C(=NNc3ccc(S(=O)(=O)O)cc3)C(S(=O)(=O)O)=C4)cc2)cc1. The van der Waals surface area contributed by atoms with E-state index in [1.165, 1.54) is 12.2 Å². The molecule has 0 amide bonds. The Bertz CT molecular complexity index is 3250. The summed E-state index contributed by atoms with van der Waals surface area (Å²) in [7, 11) is -14.9. The van der Waals surface area contributed by atoms with E-state index in [0.717, 1.165) is 52.7 Å². The number of nitrogens with one attached hydrogen (secondary N) is 3. The number of rotatable bonds is 12. The molecule has 0 aliphatic heterocycles. The van der Waals surface area contributed by atoms with Gasteiger partial charge in [-0.15, -0.1) is 5.11 Å². The third kappa shape index (κ3) is 9.86. The fraction of sp³-hybridized carbons (Fsp3) is 0.0244. The van der Waals surface area contributed by atoms with E-state index in [1.54, 1.807) is 42.5 Å². The number of hydrazone groups is 2. The zero-order valence-electron chi connectivity index (χ0n) is 32.3. The lowest BCUT2D eigenvalue weighted by atomic mass is 9.92. The van der Waals surface area contributed by atoms with Crippen molar-refractivity contribution in [3.63, 3.8) is 0 Å². The summed E-state index contributed by atoms with van der Waals surface area (Å²) >= 11 is 0. The predicted molar refractivity (Wildman–Crippen MR) is 236 cm³/mol. The van der Waals surface area contributed by atoms with Crippen LogP contribution in [0.4, 0.5) is 34.1 Å². The molecule has 0 heterocycles. The predicted octanol–water partition coefficient (Wildman–Crippen LogP) is 6.95. The van der Waals surface area contributed by atoms with Crippen LogP contribution in [0.2, 0.25) is 0 Å². The molecule has 0 spiro atoms. The first-order valence-electron chi connectivity index (χ1n) is 18.1. The van der Waals surface area contributed by atoms with Gasteiger partial charge >= 0.3 is 0 Å². The first kappa shape index (κ1) is 43.6. The van der Waals surface area contributed by atoms with Crippen molar-refractivity contribution >= 4 is 93.5 Å². The number of Topliss-reactive ketones (excluding diaryl/α,β-unsaturated/α-hetero) is 1. The minimum absolute atomic E-state index is 0.0185. The van der Waals surface area contributed by atoms with Crippen LogP contribution in [0.3, 0.4) is 0 Å². The number of aryl methyl sites for hydroxylation is 1. The Morgan fingerprint density at radius 2 is 1.25 bits per heavy atom. The lowest BCUT2D eigenvalue weighted by Crippen LogP contribution is -2.28. The molecule has 0 aromatic heterocycles. The molecule has 0 saturated heterocycles. The van der Waals surface area contributed by atoms with E-state index < -0.39 is 79.0 Å². The zero-order valence-corrected chi connectivity index (χ0v) is 34.8. The van der Waals surface area contributed by atoms with Crippen LogP contribution >= 0.6 is 0 Å². The van der Waals surface area contributed by atoms with E-state index in [1.807, 2.05) is 43.3 Å². The largest absolute Gasteiger partial charge is 0.396 e. The van der Waals surface area contributed by atoms with Crippen molar-refractivity contribution in [1.82, 2.24) is 0 Å². The number of anilines is 4. The van der Waals surface area contributed by atoms with E-state index in [4.69, 9.17) is 5.73 Å². The molecule has 0 bridgehead atoms. The van der Waals surface area contributed by atoms with Crippen LogP contribution in [0.25, 0.3) is 17.2 Å².